The third-order valence-corrected chi connectivity index (χ3v) is 2.77. The van der Waals surface area contributed by atoms with E-state index in [0.717, 1.165) is 18.4 Å². The molecular weight excluding hydrogens is 242 g/mol. The summed E-state index contributed by atoms with van der Waals surface area (Å²) in [5, 5.41) is 13.8. The molecule has 1 aromatic rings. The van der Waals surface area contributed by atoms with Gasteiger partial charge in [0.1, 0.15) is 6.20 Å². The zero-order chi connectivity index (χ0) is 12.8. The fourth-order valence-electron chi connectivity index (χ4n) is 1.23. The van der Waals surface area contributed by atoms with Gasteiger partial charge in [-0.15, -0.1) is 0 Å². The van der Waals surface area contributed by atoms with Crippen LogP contribution in [-0.2, 0) is 0 Å². The Labute approximate surface area is 103 Å². The molecule has 1 atom stereocenters. The van der Waals surface area contributed by atoms with Gasteiger partial charge in [0.15, 0.2) is 0 Å². The van der Waals surface area contributed by atoms with Crippen molar-refractivity contribution in [3.05, 3.63) is 16.3 Å². The number of nitrogens with two attached hydrogens (primary N) is 1. The summed E-state index contributed by atoms with van der Waals surface area (Å²) in [5.74, 6) is 1.17. The number of rotatable bonds is 6. The molecule has 1 aromatic heterocycles. The van der Waals surface area contributed by atoms with Crippen LogP contribution in [0.15, 0.2) is 6.20 Å². The van der Waals surface area contributed by atoms with E-state index in [0.29, 0.717) is 0 Å². The first kappa shape index (κ1) is 13.5. The van der Waals surface area contributed by atoms with Gasteiger partial charge in [-0.05, 0) is 25.4 Å². The van der Waals surface area contributed by atoms with E-state index >= 15 is 0 Å². The maximum Gasteiger partial charge on any atom is 0.329 e. The normalized spacial score (nSPS) is 12.1. The summed E-state index contributed by atoms with van der Waals surface area (Å²) in [4.78, 5) is 17.7. The molecule has 17 heavy (non-hydrogen) atoms. The quantitative estimate of drug-likeness (QED) is 0.587. The van der Waals surface area contributed by atoms with Gasteiger partial charge in [-0.2, -0.15) is 16.7 Å². The van der Waals surface area contributed by atoms with Crippen LogP contribution in [0.3, 0.4) is 0 Å². The summed E-state index contributed by atoms with van der Waals surface area (Å²) in [6.45, 7) is 1.94. The number of nitrogens with one attached hydrogen (secondary N) is 1. The van der Waals surface area contributed by atoms with Crippen LogP contribution in [0.1, 0.15) is 13.3 Å². The van der Waals surface area contributed by atoms with Gasteiger partial charge in [0.2, 0.25) is 11.8 Å². The molecule has 0 aliphatic carbocycles. The third kappa shape index (κ3) is 4.06. The maximum atomic E-state index is 10.8. The highest BCUT2D eigenvalue weighted by Crippen LogP contribution is 2.22. The average molecular weight is 257 g/mol. The minimum Gasteiger partial charge on any atom is -0.368 e. The van der Waals surface area contributed by atoms with E-state index in [1.54, 1.807) is 11.8 Å². The van der Waals surface area contributed by atoms with Gasteiger partial charge in [0.05, 0.1) is 4.92 Å². The lowest BCUT2D eigenvalue weighted by Gasteiger charge is -2.13. The summed E-state index contributed by atoms with van der Waals surface area (Å²) >= 11 is 1.72. The summed E-state index contributed by atoms with van der Waals surface area (Å²) in [6, 6.07) is 0.0930. The van der Waals surface area contributed by atoms with Crippen LogP contribution in [0.2, 0.25) is 0 Å². The van der Waals surface area contributed by atoms with Crippen molar-refractivity contribution in [1.29, 1.82) is 0 Å². The Hall–Kier alpha value is -1.57. The minimum atomic E-state index is -0.525. The average Bonchev–Trinajstić information content (AvgIpc) is 2.26. The van der Waals surface area contributed by atoms with Crippen molar-refractivity contribution in [3.8, 4) is 0 Å². The summed E-state index contributed by atoms with van der Waals surface area (Å²) < 4.78 is 0. The zero-order valence-corrected chi connectivity index (χ0v) is 10.5. The van der Waals surface area contributed by atoms with Crippen LogP contribution in [0.25, 0.3) is 0 Å². The molecule has 3 N–H and O–H groups in total. The molecule has 0 aliphatic heterocycles. The van der Waals surface area contributed by atoms with Gasteiger partial charge in [0.25, 0.3) is 0 Å². The molecule has 1 unspecified atom stereocenters. The number of hydrogen-bond acceptors (Lipinski definition) is 7. The standard InChI is InChI=1S/C9H15N5O2S/c1-6(3-4-17-2)12-8-7(14(15)16)5-11-9(10)13-8/h5-6H,3-4H2,1-2H3,(H3,10,11,12,13). The van der Waals surface area contributed by atoms with Gasteiger partial charge in [-0.25, -0.2) is 4.98 Å². The SMILES string of the molecule is CSCCC(C)Nc1nc(N)ncc1[N+](=O)[O-]. The molecular formula is C9H15N5O2S. The molecule has 0 amide bonds. The van der Waals surface area contributed by atoms with E-state index < -0.39 is 4.92 Å². The highest BCUT2D eigenvalue weighted by molar-refractivity contribution is 7.98. The first-order chi connectivity index (χ1) is 8.04. The monoisotopic (exact) mass is 257 g/mol. The van der Waals surface area contributed by atoms with Crippen molar-refractivity contribution in [3.63, 3.8) is 0 Å². The Balaban J connectivity index is 2.81. The molecule has 0 fully saturated rings. The lowest BCUT2D eigenvalue weighted by molar-refractivity contribution is -0.384. The number of nitro groups is 1. The lowest BCUT2D eigenvalue weighted by Crippen LogP contribution is -2.18. The summed E-state index contributed by atoms with van der Waals surface area (Å²) in [5.41, 5.74) is 5.26. The number of hydrogen-bond donors (Lipinski definition) is 2. The van der Waals surface area contributed by atoms with Gasteiger partial charge in [-0.1, -0.05) is 0 Å². The van der Waals surface area contributed by atoms with Crippen LogP contribution in [0.5, 0.6) is 0 Å². The molecule has 0 radical (unpaired) electrons. The van der Waals surface area contributed by atoms with E-state index in [2.05, 4.69) is 15.3 Å². The van der Waals surface area contributed by atoms with Crippen molar-refractivity contribution in [1.82, 2.24) is 9.97 Å². The van der Waals surface area contributed by atoms with Crippen molar-refractivity contribution in [2.24, 2.45) is 0 Å². The highest BCUT2D eigenvalue weighted by Gasteiger charge is 2.17. The second-order valence-electron chi connectivity index (χ2n) is 3.55. The molecule has 0 saturated carbocycles. The lowest BCUT2D eigenvalue weighted by atomic mass is 10.2. The Morgan fingerprint density at radius 2 is 2.41 bits per heavy atom. The van der Waals surface area contributed by atoms with Crippen LogP contribution >= 0.6 is 11.8 Å². The summed E-state index contributed by atoms with van der Waals surface area (Å²) in [6.07, 6.45) is 4.02. The molecule has 1 rings (SSSR count). The Kier molecular flexibility index (Phi) is 4.95. The van der Waals surface area contributed by atoms with Crippen molar-refractivity contribution in [2.45, 2.75) is 19.4 Å². The molecule has 0 spiro atoms. The fraction of sp³-hybridized carbons (Fsp3) is 0.556. The topological polar surface area (TPSA) is 107 Å². The minimum absolute atomic E-state index is 0.0233. The molecule has 0 saturated heterocycles. The largest absolute Gasteiger partial charge is 0.368 e. The van der Waals surface area contributed by atoms with E-state index in [1.165, 1.54) is 0 Å². The van der Waals surface area contributed by atoms with E-state index in [4.69, 9.17) is 5.73 Å². The number of thioether (sulfide) groups is 1. The van der Waals surface area contributed by atoms with E-state index in [1.807, 2.05) is 13.2 Å². The van der Waals surface area contributed by atoms with Crippen LogP contribution in [0, 0.1) is 10.1 Å². The predicted molar refractivity (Wildman–Crippen MR) is 69.2 cm³/mol. The smallest absolute Gasteiger partial charge is 0.329 e. The van der Waals surface area contributed by atoms with Crippen LogP contribution in [0.4, 0.5) is 17.5 Å². The first-order valence-electron chi connectivity index (χ1n) is 5.07. The molecule has 0 bridgehead atoms. The predicted octanol–water partition coefficient (Wildman–Crippen LogP) is 1.52. The summed E-state index contributed by atoms with van der Waals surface area (Å²) in [7, 11) is 0. The van der Waals surface area contributed by atoms with Crippen molar-refractivity contribution < 1.29 is 4.92 Å². The maximum absolute atomic E-state index is 10.8. The second kappa shape index (κ2) is 6.24. The molecule has 1 heterocycles. The zero-order valence-electron chi connectivity index (χ0n) is 9.71. The Morgan fingerprint density at radius 3 is 3.00 bits per heavy atom. The van der Waals surface area contributed by atoms with Gasteiger partial charge in [0, 0.05) is 6.04 Å². The first-order valence-corrected chi connectivity index (χ1v) is 6.46. The Morgan fingerprint density at radius 1 is 1.71 bits per heavy atom. The van der Waals surface area contributed by atoms with E-state index in [-0.39, 0.29) is 23.5 Å². The number of anilines is 2. The van der Waals surface area contributed by atoms with Crippen molar-refractivity contribution in [2.75, 3.05) is 23.1 Å². The molecule has 0 aliphatic rings. The highest BCUT2D eigenvalue weighted by atomic mass is 32.2. The third-order valence-electron chi connectivity index (χ3n) is 2.12. The Bertz CT molecular complexity index is 401. The molecule has 94 valence electrons. The van der Waals surface area contributed by atoms with Gasteiger partial charge in [-0.3, -0.25) is 10.1 Å². The second-order valence-corrected chi connectivity index (χ2v) is 4.53. The number of aromatic nitrogens is 2. The number of nitrogens with zero attached hydrogens (tertiary/aromatic N) is 3. The van der Waals surface area contributed by atoms with Crippen LogP contribution < -0.4 is 11.1 Å². The molecule has 8 heteroatoms. The van der Waals surface area contributed by atoms with Crippen LogP contribution in [-0.4, -0.2) is 32.9 Å². The van der Waals surface area contributed by atoms with E-state index in [9.17, 15) is 10.1 Å². The molecule has 0 aromatic carbocycles. The molecule has 7 nitrogen and oxygen atoms in total. The van der Waals surface area contributed by atoms with Gasteiger partial charge < -0.3 is 11.1 Å². The number of nitrogen functional groups attached to an aromatic ring is 1. The van der Waals surface area contributed by atoms with Gasteiger partial charge >= 0.3 is 5.69 Å². The van der Waals surface area contributed by atoms with Crippen molar-refractivity contribution >= 4 is 29.2 Å². The fourth-order valence-corrected chi connectivity index (χ4v) is 1.82.